The molecule has 0 spiro atoms. The average Bonchev–Trinajstić information content (AvgIpc) is 2.44. The lowest BCUT2D eigenvalue weighted by Crippen LogP contribution is -2.12. The van der Waals surface area contributed by atoms with Crippen LogP contribution in [0.2, 0.25) is 0 Å². The monoisotopic (exact) mass is 277 g/mol. The van der Waals surface area contributed by atoms with Crippen molar-refractivity contribution in [2.45, 2.75) is 19.9 Å². The summed E-state index contributed by atoms with van der Waals surface area (Å²) in [6, 6.07) is 9.26. The Bertz CT molecular complexity index is 613. The molecular weight excluding hydrogens is 260 g/mol. The van der Waals surface area contributed by atoms with Gasteiger partial charge in [-0.15, -0.1) is 0 Å². The summed E-state index contributed by atoms with van der Waals surface area (Å²) < 4.78 is 32.8. The van der Waals surface area contributed by atoms with Gasteiger partial charge < -0.3 is 10.1 Å². The fraction of sp³-hybridized carbons (Fsp3) is 0.250. The SMILES string of the molecule is CNC(C)c1ccc(Oc2ccc(C)c(F)c2)c(F)c1. The van der Waals surface area contributed by atoms with Crippen LogP contribution >= 0.6 is 0 Å². The molecule has 0 saturated carbocycles. The van der Waals surface area contributed by atoms with Crippen LogP contribution in [0.3, 0.4) is 0 Å². The predicted molar refractivity (Wildman–Crippen MR) is 75.1 cm³/mol. The van der Waals surface area contributed by atoms with Gasteiger partial charge in [0.1, 0.15) is 11.6 Å². The minimum Gasteiger partial charge on any atom is -0.454 e. The molecule has 1 atom stereocenters. The number of ether oxygens (including phenoxy) is 1. The van der Waals surface area contributed by atoms with Crippen LogP contribution in [0.5, 0.6) is 11.5 Å². The number of aryl methyl sites for hydroxylation is 1. The summed E-state index contributed by atoms with van der Waals surface area (Å²) in [7, 11) is 1.81. The molecule has 0 aliphatic rings. The van der Waals surface area contributed by atoms with Gasteiger partial charge in [0.25, 0.3) is 0 Å². The molecule has 0 radical (unpaired) electrons. The highest BCUT2D eigenvalue weighted by molar-refractivity contribution is 5.36. The summed E-state index contributed by atoms with van der Waals surface area (Å²) >= 11 is 0. The normalized spacial score (nSPS) is 12.2. The number of benzene rings is 2. The van der Waals surface area contributed by atoms with Gasteiger partial charge >= 0.3 is 0 Å². The van der Waals surface area contributed by atoms with E-state index in [1.165, 1.54) is 12.1 Å². The van der Waals surface area contributed by atoms with E-state index >= 15 is 0 Å². The minimum atomic E-state index is -0.467. The minimum absolute atomic E-state index is 0.0513. The van der Waals surface area contributed by atoms with E-state index in [1.807, 2.05) is 14.0 Å². The summed E-state index contributed by atoms with van der Waals surface area (Å²) in [6.07, 6.45) is 0. The molecule has 2 rings (SSSR count). The third kappa shape index (κ3) is 3.14. The van der Waals surface area contributed by atoms with Crippen molar-refractivity contribution in [3.63, 3.8) is 0 Å². The van der Waals surface area contributed by atoms with Gasteiger partial charge in [-0.05, 0) is 50.2 Å². The van der Waals surface area contributed by atoms with Crippen LogP contribution in [-0.2, 0) is 0 Å². The number of halogens is 2. The summed E-state index contributed by atoms with van der Waals surface area (Å²) in [6.45, 7) is 3.60. The van der Waals surface area contributed by atoms with Crippen molar-refractivity contribution < 1.29 is 13.5 Å². The first-order valence-corrected chi connectivity index (χ1v) is 6.42. The van der Waals surface area contributed by atoms with Gasteiger partial charge in [0.15, 0.2) is 11.6 Å². The Kier molecular flexibility index (Phi) is 4.35. The van der Waals surface area contributed by atoms with Crippen molar-refractivity contribution in [2.75, 3.05) is 7.05 Å². The zero-order chi connectivity index (χ0) is 14.7. The molecule has 0 bridgehead atoms. The molecule has 0 aromatic heterocycles. The summed E-state index contributed by atoms with van der Waals surface area (Å²) in [5, 5.41) is 3.03. The van der Waals surface area contributed by atoms with Crippen molar-refractivity contribution in [3.05, 3.63) is 59.2 Å². The van der Waals surface area contributed by atoms with Gasteiger partial charge in [-0.3, -0.25) is 0 Å². The molecule has 20 heavy (non-hydrogen) atoms. The Labute approximate surface area is 117 Å². The summed E-state index contributed by atoms with van der Waals surface area (Å²) in [5.74, 6) is -0.476. The molecular formula is C16H17F2NO. The Balaban J connectivity index is 2.23. The molecule has 4 heteroatoms. The van der Waals surface area contributed by atoms with Gasteiger partial charge in [0.2, 0.25) is 0 Å². The molecule has 2 aromatic carbocycles. The van der Waals surface area contributed by atoms with Crippen molar-refractivity contribution in [3.8, 4) is 11.5 Å². The highest BCUT2D eigenvalue weighted by atomic mass is 19.1. The van der Waals surface area contributed by atoms with Crippen LogP contribution in [0.15, 0.2) is 36.4 Å². The number of hydrogen-bond donors (Lipinski definition) is 1. The maximum Gasteiger partial charge on any atom is 0.166 e. The van der Waals surface area contributed by atoms with Gasteiger partial charge in [-0.25, -0.2) is 8.78 Å². The Hall–Kier alpha value is -1.94. The number of rotatable bonds is 4. The fourth-order valence-corrected chi connectivity index (χ4v) is 1.80. The second kappa shape index (κ2) is 6.01. The van der Waals surface area contributed by atoms with Crippen molar-refractivity contribution in [1.29, 1.82) is 0 Å². The van der Waals surface area contributed by atoms with Gasteiger partial charge in [0.05, 0.1) is 0 Å². The Morgan fingerprint density at radius 1 is 1.05 bits per heavy atom. The third-order valence-electron chi connectivity index (χ3n) is 3.26. The second-order valence-electron chi connectivity index (χ2n) is 4.71. The van der Waals surface area contributed by atoms with Gasteiger partial charge in [0, 0.05) is 12.1 Å². The topological polar surface area (TPSA) is 21.3 Å². The summed E-state index contributed by atoms with van der Waals surface area (Å²) in [5.41, 5.74) is 1.35. The van der Waals surface area contributed by atoms with Crippen LogP contribution in [0.1, 0.15) is 24.1 Å². The number of nitrogens with one attached hydrogen (secondary N) is 1. The lowest BCUT2D eigenvalue weighted by molar-refractivity contribution is 0.437. The molecule has 106 valence electrons. The molecule has 0 aliphatic carbocycles. The van der Waals surface area contributed by atoms with Crippen LogP contribution in [0.4, 0.5) is 8.78 Å². The molecule has 1 N–H and O–H groups in total. The van der Waals surface area contributed by atoms with E-state index in [4.69, 9.17) is 4.74 Å². The lowest BCUT2D eigenvalue weighted by atomic mass is 10.1. The molecule has 2 nitrogen and oxygen atoms in total. The van der Waals surface area contributed by atoms with E-state index < -0.39 is 5.82 Å². The first kappa shape index (κ1) is 14.5. The third-order valence-corrected chi connectivity index (χ3v) is 3.26. The van der Waals surface area contributed by atoms with E-state index in [1.54, 1.807) is 31.2 Å². The molecule has 2 aromatic rings. The first-order valence-electron chi connectivity index (χ1n) is 6.42. The van der Waals surface area contributed by atoms with E-state index in [-0.39, 0.29) is 23.4 Å². The van der Waals surface area contributed by atoms with E-state index in [0.29, 0.717) is 5.56 Å². The van der Waals surface area contributed by atoms with Gasteiger partial charge in [-0.2, -0.15) is 0 Å². The van der Waals surface area contributed by atoms with Crippen molar-refractivity contribution in [1.82, 2.24) is 5.32 Å². The van der Waals surface area contributed by atoms with E-state index in [9.17, 15) is 8.78 Å². The standard InChI is InChI=1S/C16H17F2NO/c1-10-4-6-13(9-14(10)17)20-16-7-5-12(8-15(16)18)11(2)19-3/h4-9,11,19H,1-3H3. The zero-order valence-corrected chi connectivity index (χ0v) is 11.7. The van der Waals surface area contributed by atoms with Gasteiger partial charge in [-0.1, -0.05) is 12.1 Å². The first-order chi connectivity index (χ1) is 9.51. The highest BCUT2D eigenvalue weighted by Crippen LogP contribution is 2.27. The van der Waals surface area contributed by atoms with Crippen LogP contribution in [0.25, 0.3) is 0 Å². The smallest absolute Gasteiger partial charge is 0.166 e. The molecule has 0 aliphatic heterocycles. The molecule has 0 heterocycles. The zero-order valence-electron chi connectivity index (χ0n) is 11.7. The van der Waals surface area contributed by atoms with Crippen molar-refractivity contribution in [2.24, 2.45) is 0 Å². The van der Waals surface area contributed by atoms with Crippen LogP contribution in [0, 0.1) is 18.6 Å². The maximum absolute atomic E-state index is 14.0. The maximum atomic E-state index is 14.0. The van der Waals surface area contributed by atoms with E-state index in [2.05, 4.69) is 5.32 Å². The molecule has 1 unspecified atom stereocenters. The molecule has 0 fully saturated rings. The molecule has 0 amide bonds. The average molecular weight is 277 g/mol. The lowest BCUT2D eigenvalue weighted by Gasteiger charge is -2.13. The summed E-state index contributed by atoms with van der Waals surface area (Å²) in [4.78, 5) is 0. The quantitative estimate of drug-likeness (QED) is 0.897. The highest BCUT2D eigenvalue weighted by Gasteiger charge is 2.10. The van der Waals surface area contributed by atoms with Crippen LogP contribution in [-0.4, -0.2) is 7.05 Å². The predicted octanol–water partition coefficient (Wildman–Crippen LogP) is 4.35. The molecule has 0 saturated heterocycles. The number of hydrogen-bond acceptors (Lipinski definition) is 2. The Morgan fingerprint density at radius 2 is 1.80 bits per heavy atom. The largest absolute Gasteiger partial charge is 0.454 e. The van der Waals surface area contributed by atoms with E-state index in [0.717, 1.165) is 5.56 Å². The van der Waals surface area contributed by atoms with Crippen molar-refractivity contribution >= 4 is 0 Å². The Morgan fingerprint density at radius 3 is 2.40 bits per heavy atom. The van der Waals surface area contributed by atoms with Crippen LogP contribution < -0.4 is 10.1 Å². The fourth-order valence-electron chi connectivity index (χ4n) is 1.80. The second-order valence-corrected chi connectivity index (χ2v) is 4.71.